The van der Waals surface area contributed by atoms with Crippen LogP contribution in [0.1, 0.15) is 11.9 Å². The Balaban J connectivity index is 1.58. The molecule has 0 spiro atoms. The second-order valence-electron chi connectivity index (χ2n) is 6.44. The molecule has 0 radical (unpaired) electrons. The third-order valence-electron chi connectivity index (χ3n) is 4.17. The minimum Gasteiger partial charge on any atom is -0.347 e. The molecule has 152 valence electrons. The predicted molar refractivity (Wildman–Crippen MR) is 105 cm³/mol. The Morgan fingerprint density at radius 1 is 1.07 bits per heavy atom. The van der Waals surface area contributed by atoms with Gasteiger partial charge in [0, 0.05) is 0 Å². The quantitative estimate of drug-likeness (QED) is 0.638. The maximum Gasteiger partial charge on any atom is 0.408 e. The maximum atomic E-state index is 12.4. The lowest BCUT2D eigenvalue weighted by molar-refractivity contribution is -0.157. The Bertz CT molecular complexity index is 1020. The highest BCUT2D eigenvalue weighted by atomic mass is 32.1. The summed E-state index contributed by atoms with van der Waals surface area (Å²) in [6.45, 7) is 0.312. The molecular weight excluding hydrogens is 403 g/mol. The van der Waals surface area contributed by atoms with Gasteiger partial charge in [-0.2, -0.15) is 13.2 Å². The van der Waals surface area contributed by atoms with Crippen molar-refractivity contribution in [1.29, 1.82) is 0 Å². The first kappa shape index (κ1) is 20.8. The topological polar surface area (TPSA) is 71.1 Å². The van der Waals surface area contributed by atoms with E-state index in [0.717, 1.165) is 28.3 Å². The second-order valence-corrected chi connectivity index (χ2v) is 7.56. The molecule has 0 aliphatic rings. The third kappa shape index (κ3) is 5.54. The fraction of sp³-hybridized carbons (Fsp3) is 0.250. The van der Waals surface area contributed by atoms with Gasteiger partial charge in [0.1, 0.15) is 11.0 Å². The smallest absolute Gasteiger partial charge is 0.347 e. The molecule has 2 aromatic carbocycles. The number of halogens is 3. The summed E-state index contributed by atoms with van der Waals surface area (Å²) in [6, 6.07) is 13.7. The number of thiazole rings is 1. The largest absolute Gasteiger partial charge is 0.408 e. The van der Waals surface area contributed by atoms with E-state index in [-0.39, 0.29) is 6.42 Å². The van der Waals surface area contributed by atoms with Crippen molar-refractivity contribution < 1.29 is 22.8 Å². The molecule has 3 rings (SSSR count). The molecule has 0 aliphatic carbocycles. The number of hydrogen-bond donors (Lipinski definition) is 2. The van der Waals surface area contributed by atoms with Crippen molar-refractivity contribution in [3.8, 4) is 11.1 Å². The minimum atomic E-state index is -4.53. The lowest BCUT2D eigenvalue weighted by Crippen LogP contribution is -2.47. The number of hydrogen-bond acceptors (Lipinski definition) is 4. The summed E-state index contributed by atoms with van der Waals surface area (Å²) < 4.78 is 38.2. The number of benzene rings is 2. The van der Waals surface area contributed by atoms with Crippen molar-refractivity contribution in [1.82, 2.24) is 15.6 Å². The average molecular weight is 421 g/mol. The van der Waals surface area contributed by atoms with E-state index in [0.29, 0.717) is 5.01 Å². The van der Waals surface area contributed by atoms with Crippen molar-refractivity contribution >= 4 is 33.4 Å². The number of nitrogens with one attached hydrogen (secondary N) is 2. The molecule has 0 saturated heterocycles. The first-order valence-corrected chi connectivity index (χ1v) is 9.61. The Morgan fingerprint density at radius 3 is 2.48 bits per heavy atom. The highest BCUT2D eigenvalue weighted by molar-refractivity contribution is 7.18. The normalized spacial score (nSPS) is 12.6. The van der Waals surface area contributed by atoms with Crippen molar-refractivity contribution in [2.75, 3.05) is 6.54 Å². The fourth-order valence-electron chi connectivity index (χ4n) is 2.61. The lowest BCUT2D eigenvalue weighted by atomic mass is 10.1. The van der Waals surface area contributed by atoms with Crippen LogP contribution in [0.2, 0.25) is 0 Å². The van der Waals surface area contributed by atoms with Crippen molar-refractivity contribution in [2.24, 2.45) is 0 Å². The number of carbonyl (C=O) groups is 2. The molecule has 0 fully saturated rings. The Kier molecular flexibility index (Phi) is 6.17. The molecule has 9 heteroatoms. The second kappa shape index (κ2) is 8.60. The molecule has 0 aliphatic heterocycles. The molecule has 0 bridgehead atoms. The van der Waals surface area contributed by atoms with Crippen LogP contribution in [0.15, 0.2) is 48.5 Å². The number of aromatic nitrogens is 1. The van der Waals surface area contributed by atoms with E-state index in [4.69, 9.17) is 0 Å². The molecule has 0 saturated carbocycles. The maximum absolute atomic E-state index is 12.4. The lowest BCUT2D eigenvalue weighted by Gasteiger charge is -2.17. The highest BCUT2D eigenvalue weighted by Crippen LogP contribution is 2.28. The van der Waals surface area contributed by atoms with Gasteiger partial charge in [-0.05, 0) is 30.2 Å². The molecular formula is C20H18F3N3O2S. The molecule has 1 heterocycles. The zero-order valence-corrected chi connectivity index (χ0v) is 16.2. The molecule has 1 atom stereocenters. The summed E-state index contributed by atoms with van der Waals surface area (Å²) in [7, 11) is 0. The summed E-state index contributed by atoms with van der Waals surface area (Å²) in [4.78, 5) is 28.0. The molecule has 1 unspecified atom stereocenters. The van der Waals surface area contributed by atoms with Crippen LogP contribution in [0, 0.1) is 0 Å². The SMILES string of the molecule is CC(NC(=O)CNC(=O)Cc1nc2ccc(-c3ccccc3)cc2s1)C(F)(F)F. The molecule has 2 amide bonds. The summed E-state index contributed by atoms with van der Waals surface area (Å²) in [6.07, 6.45) is -4.58. The van der Waals surface area contributed by atoms with Crippen LogP contribution in [0.5, 0.6) is 0 Å². The van der Waals surface area contributed by atoms with Crippen LogP contribution < -0.4 is 10.6 Å². The van der Waals surface area contributed by atoms with Crippen LogP contribution in [0.4, 0.5) is 13.2 Å². The van der Waals surface area contributed by atoms with Gasteiger partial charge in [0.2, 0.25) is 11.8 Å². The zero-order chi connectivity index (χ0) is 21.0. The van der Waals surface area contributed by atoms with Gasteiger partial charge < -0.3 is 10.6 Å². The van der Waals surface area contributed by atoms with Crippen LogP contribution in [-0.2, 0) is 16.0 Å². The predicted octanol–water partition coefficient (Wildman–Crippen LogP) is 3.69. The molecule has 1 aromatic heterocycles. The van der Waals surface area contributed by atoms with Crippen molar-refractivity contribution in [3.63, 3.8) is 0 Å². The van der Waals surface area contributed by atoms with E-state index in [1.54, 1.807) is 5.32 Å². The van der Waals surface area contributed by atoms with E-state index >= 15 is 0 Å². The Hall–Kier alpha value is -2.94. The summed E-state index contributed by atoms with van der Waals surface area (Å²) in [5.74, 6) is -1.39. The number of alkyl halides is 3. The zero-order valence-electron chi connectivity index (χ0n) is 15.4. The number of carbonyl (C=O) groups excluding carboxylic acids is 2. The van der Waals surface area contributed by atoms with Gasteiger partial charge in [-0.15, -0.1) is 11.3 Å². The number of rotatable bonds is 6. The van der Waals surface area contributed by atoms with Gasteiger partial charge in [-0.3, -0.25) is 9.59 Å². The first-order chi connectivity index (χ1) is 13.7. The summed E-state index contributed by atoms with van der Waals surface area (Å²) >= 11 is 1.36. The third-order valence-corrected chi connectivity index (χ3v) is 5.18. The number of fused-ring (bicyclic) bond motifs is 1. The standard InChI is InChI=1S/C20H18F3N3O2S/c1-12(20(21,22)23)25-18(28)11-24-17(27)10-19-26-15-8-7-14(9-16(15)29-19)13-5-3-2-4-6-13/h2-9,12H,10-11H2,1H3,(H,24,27)(H,25,28). The van der Waals surface area contributed by atoms with Crippen molar-refractivity contribution in [2.45, 2.75) is 25.6 Å². The van der Waals surface area contributed by atoms with Gasteiger partial charge in [0.05, 0.1) is 23.2 Å². The highest BCUT2D eigenvalue weighted by Gasteiger charge is 2.36. The average Bonchev–Trinajstić information content (AvgIpc) is 3.07. The van der Waals surface area contributed by atoms with E-state index < -0.39 is 30.6 Å². The molecule has 29 heavy (non-hydrogen) atoms. The molecule has 3 aromatic rings. The van der Waals surface area contributed by atoms with Gasteiger partial charge in [-0.25, -0.2) is 4.98 Å². The van der Waals surface area contributed by atoms with Crippen molar-refractivity contribution in [3.05, 3.63) is 53.5 Å². The van der Waals surface area contributed by atoms with Gasteiger partial charge >= 0.3 is 6.18 Å². The Morgan fingerprint density at radius 2 is 1.79 bits per heavy atom. The molecule has 5 nitrogen and oxygen atoms in total. The van der Waals surface area contributed by atoms with Crippen LogP contribution in [-0.4, -0.2) is 35.6 Å². The van der Waals surface area contributed by atoms with E-state index in [1.807, 2.05) is 48.5 Å². The van der Waals surface area contributed by atoms with E-state index in [1.165, 1.54) is 11.3 Å². The fourth-order valence-corrected chi connectivity index (χ4v) is 3.62. The summed E-state index contributed by atoms with van der Waals surface area (Å²) in [5.41, 5.74) is 2.86. The van der Waals surface area contributed by atoms with Gasteiger partial charge in [-0.1, -0.05) is 36.4 Å². The Labute approximate surface area is 169 Å². The van der Waals surface area contributed by atoms with E-state index in [9.17, 15) is 22.8 Å². The summed E-state index contributed by atoms with van der Waals surface area (Å²) in [5, 5.41) is 4.67. The van der Waals surface area contributed by atoms with Crippen LogP contribution in [0.3, 0.4) is 0 Å². The number of nitrogens with zero attached hydrogens (tertiary/aromatic N) is 1. The van der Waals surface area contributed by atoms with E-state index in [2.05, 4.69) is 10.3 Å². The first-order valence-electron chi connectivity index (χ1n) is 8.80. The number of amides is 2. The van der Waals surface area contributed by atoms with Gasteiger partial charge in [0.15, 0.2) is 0 Å². The molecule has 2 N–H and O–H groups in total. The van der Waals surface area contributed by atoms with Crippen LogP contribution >= 0.6 is 11.3 Å². The minimum absolute atomic E-state index is 0.0535. The van der Waals surface area contributed by atoms with Crippen LogP contribution in [0.25, 0.3) is 21.3 Å². The monoisotopic (exact) mass is 421 g/mol. The van der Waals surface area contributed by atoms with Gasteiger partial charge in [0.25, 0.3) is 0 Å².